The maximum absolute atomic E-state index is 10.0. The topological polar surface area (TPSA) is 44.9 Å². The molecule has 1 aliphatic carbocycles. The Morgan fingerprint density at radius 3 is 2.89 bits per heavy atom. The van der Waals surface area contributed by atoms with Gasteiger partial charge in [0.2, 0.25) is 0 Å². The number of aromatic hydroxyl groups is 2. The third kappa shape index (κ3) is 2.20. The number of hydrogen-bond donors (Lipinski definition) is 3. The second kappa shape index (κ2) is 5.04. The monoisotopic (exact) mass is 262 g/mol. The van der Waals surface area contributed by atoms with Crippen molar-refractivity contribution in [3.05, 3.63) is 23.3 Å². The molecule has 1 unspecified atom stereocenters. The van der Waals surface area contributed by atoms with Gasteiger partial charge in [0.1, 0.15) is 0 Å². The van der Waals surface area contributed by atoms with Gasteiger partial charge in [-0.15, -0.1) is 0 Å². The van der Waals surface area contributed by atoms with E-state index in [2.05, 4.69) is 6.92 Å². The van der Waals surface area contributed by atoms with E-state index in [0.29, 0.717) is 12.0 Å². The minimum Gasteiger partial charge on any atom is -0.504 e. The highest BCUT2D eigenvalue weighted by Crippen LogP contribution is 2.38. The van der Waals surface area contributed by atoms with Gasteiger partial charge < -0.3 is 15.1 Å². The first-order valence-electron chi connectivity index (χ1n) is 7.58. The molecule has 0 radical (unpaired) electrons. The number of phenolic OH excluding ortho intramolecular Hbond substituents is 2. The van der Waals surface area contributed by atoms with Crippen LogP contribution in [0.15, 0.2) is 12.1 Å². The Balaban J connectivity index is 1.90. The maximum Gasteiger partial charge on any atom is 0.160 e. The van der Waals surface area contributed by atoms with Gasteiger partial charge in [0.05, 0.1) is 19.1 Å². The molecule has 1 aromatic carbocycles. The molecule has 1 fully saturated rings. The fourth-order valence-electron chi connectivity index (χ4n) is 4.08. The highest BCUT2D eigenvalue weighted by molar-refractivity contribution is 5.50. The van der Waals surface area contributed by atoms with Crippen LogP contribution in [0, 0.1) is 5.92 Å². The molecular weight excluding hydrogens is 238 g/mol. The van der Waals surface area contributed by atoms with Crippen LogP contribution in [0.25, 0.3) is 0 Å². The molecular formula is C16H24NO2+. The van der Waals surface area contributed by atoms with Gasteiger partial charge in [-0.2, -0.15) is 0 Å². The molecule has 104 valence electrons. The average Bonchev–Trinajstić information content (AvgIpc) is 2.42. The van der Waals surface area contributed by atoms with Crippen LogP contribution in [0.1, 0.15) is 37.3 Å². The van der Waals surface area contributed by atoms with E-state index in [1.54, 1.807) is 11.0 Å². The minimum atomic E-state index is 0.0331. The van der Waals surface area contributed by atoms with Crippen molar-refractivity contribution in [1.82, 2.24) is 0 Å². The number of quaternary nitrogens is 1. The molecule has 0 aromatic heterocycles. The SMILES string of the molecule is CCC[NH+]1CCC[C@@H]2Cc3c(ccc(O)c3O)C[C@H]21. The molecule has 3 N–H and O–H groups in total. The number of benzene rings is 1. The predicted octanol–water partition coefficient (Wildman–Crippen LogP) is 1.27. The van der Waals surface area contributed by atoms with Crippen LogP contribution in [0.2, 0.25) is 0 Å². The number of fused-ring (bicyclic) bond motifs is 2. The standard InChI is InChI=1S/C16H23NO2/c1-2-7-17-8-3-4-12-9-13-11(10-14(12)17)5-6-15(18)16(13)19/h5-6,12,14,18-19H,2-4,7-10H2,1H3/p+1/t12-,14-/m1/s1. The number of rotatable bonds is 2. The van der Waals surface area contributed by atoms with Crippen molar-refractivity contribution in [3.8, 4) is 11.5 Å². The smallest absolute Gasteiger partial charge is 0.160 e. The lowest BCUT2D eigenvalue weighted by Gasteiger charge is -2.42. The van der Waals surface area contributed by atoms with E-state index in [0.717, 1.165) is 18.4 Å². The summed E-state index contributed by atoms with van der Waals surface area (Å²) in [7, 11) is 0. The third-order valence-corrected chi connectivity index (χ3v) is 5.00. The fourth-order valence-corrected chi connectivity index (χ4v) is 4.08. The largest absolute Gasteiger partial charge is 0.504 e. The Labute approximate surface area is 114 Å². The van der Waals surface area contributed by atoms with Crippen molar-refractivity contribution < 1.29 is 15.1 Å². The molecule has 3 nitrogen and oxygen atoms in total. The number of hydrogen-bond acceptors (Lipinski definition) is 2. The summed E-state index contributed by atoms with van der Waals surface area (Å²) < 4.78 is 0. The summed E-state index contributed by atoms with van der Waals surface area (Å²) in [6.07, 6.45) is 5.81. The van der Waals surface area contributed by atoms with E-state index in [-0.39, 0.29) is 11.5 Å². The summed E-state index contributed by atoms with van der Waals surface area (Å²) in [6.45, 7) is 4.83. The molecule has 19 heavy (non-hydrogen) atoms. The van der Waals surface area contributed by atoms with Crippen molar-refractivity contribution in [1.29, 1.82) is 0 Å². The summed E-state index contributed by atoms with van der Waals surface area (Å²) in [5, 5.41) is 19.7. The molecule has 1 saturated heterocycles. The number of likely N-dealkylation sites (tertiary alicyclic amines) is 1. The van der Waals surface area contributed by atoms with E-state index in [1.807, 2.05) is 6.07 Å². The Morgan fingerprint density at radius 2 is 2.11 bits per heavy atom. The summed E-state index contributed by atoms with van der Waals surface area (Å²) in [5.41, 5.74) is 2.24. The van der Waals surface area contributed by atoms with E-state index in [9.17, 15) is 10.2 Å². The van der Waals surface area contributed by atoms with E-state index in [4.69, 9.17) is 0 Å². The normalized spacial score (nSPS) is 29.6. The lowest BCUT2D eigenvalue weighted by molar-refractivity contribution is -0.935. The van der Waals surface area contributed by atoms with E-state index < -0.39 is 0 Å². The quantitative estimate of drug-likeness (QED) is 0.703. The van der Waals surface area contributed by atoms with Crippen LogP contribution in [0.5, 0.6) is 11.5 Å². The zero-order valence-electron chi connectivity index (χ0n) is 11.7. The number of phenols is 2. The van der Waals surface area contributed by atoms with Gasteiger partial charge in [-0.1, -0.05) is 13.0 Å². The molecule has 0 spiro atoms. The zero-order valence-corrected chi connectivity index (χ0v) is 11.7. The lowest BCUT2D eigenvalue weighted by atomic mass is 9.75. The first-order chi connectivity index (χ1) is 9.20. The predicted molar refractivity (Wildman–Crippen MR) is 74.7 cm³/mol. The van der Waals surface area contributed by atoms with Crippen molar-refractivity contribution in [2.45, 2.75) is 45.1 Å². The van der Waals surface area contributed by atoms with Crippen LogP contribution in [0.3, 0.4) is 0 Å². The first kappa shape index (κ1) is 12.8. The summed E-state index contributed by atoms with van der Waals surface area (Å²) >= 11 is 0. The van der Waals surface area contributed by atoms with E-state index in [1.165, 1.54) is 37.9 Å². The van der Waals surface area contributed by atoms with Gasteiger partial charge in [-0.25, -0.2) is 0 Å². The molecule has 3 heteroatoms. The molecule has 2 aliphatic rings. The molecule has 3 atom stereocenters. The summed E-state index contributed by atoms with van der Waals surface area (Å²) in [6, 6.07) is 4.35. The molecule has 0 amide bonds. The van der Waals surface area contributed by atoms with Gasteiger partial charge >= 0.3 is 0 Å². The lowest BCUT2D eigenvalue weighted by Crippen LogP contribution is -3.18. The Bertz CT molecular complexity index is 470. The van der Waals surface area contributed by atoms with Crippen LogP contribution >= 0.6 is 0 Å². The average molecular weight is 262 g/mol. The van der Waals surface area contributed by atoms with Gasteiger partial charge in [-0.3, -0.25) is 0 Å². The second-order valence-corrected chi connectivity index (χ2v) is 6.15. The Hall–Kier alpha value is -1.22. The van der Waals surface area contributed by atoms with Crippen LogP contribution < -0.4 is 4.90 Å². The van der Waals surface area contributed by atoms with Crippen LogP contribution in [0.4, 0.5) is 0 Å². The van der Waals surface area contributed by atoms with Crippen molar-refractivity contribution >= 4 is 0 Å². The summed E-state index contributed by atoms with van der Waals surface area (Å²) in [4.78, 5) is 1.75. The highest BCUT2D eigenvalue weighted by atomic mass is 16.3. The van der Waals surface area contributed by atoms with Gasteiger partial charge in [0.15, 0.2) is 11.5 Å². The molecule has 0 saturated carbocycles. The van der Waals surface area contributed by atoms with Crippen molar-refractivity contribution in [2.75, 3.05) is 13.1 Å². The molecule has 1 aromatic rings. The second-order valence-electron chi connectivity index (χ2n) is 6.15. The molecule has 3 rings (SSSR count). The maximum atomic E-state index is 10.0. The highest BCUT2D eigenvalue weighted by Gasteiger charge is 2.39. The fraction of sp³-hybridized carbons (Fsp3) is 0.625. The Kier molecular flexibility index (Phi) is 3.40. The van der Waals surface area contributed by atoms with Crippen LogP contribution in [-0.2, 0) is 12.8 Å². The Morgan fingerprint density at radius 1 is 1.26 bits per heavy atom. The van der Waals surface area contributed by atoms with Crippen molar-refractivity contribution in [3.63, 3.8) is 0 Å². The van der Waals surface area contributed by atoms with Crippen LogP contribution in [-0.4, -0.2) is 29.3 Å². The molecule has 0 bridgehead atoms. The molecule has 1 heterocycles. The number of nitrogens with one attached hydrogen (secondary N) is 1. The zero-order chi connectivity index (χ0) is 13.4. The van der Waals surface area contributed by atoms with Gasteiger partial charge in [0.25, 0.3) is 0 Å². The van der Waals surface area contributed by atoms with Crippen molar-refractivity contribution in [2.24, 2.45) is 5.92 Å². The van der Waals surface area contributed by atoms with E-state index >= 15 is 0 Å². The van der Waals surface area contributed by atoms with Gasteiger partial charge in [-0.05, 0) is 37.3 Å². The van der Waals surface area contributed by atoms with Gasteiger partial charge in [0, 0.05) is 17.9 Å². The molecule has 1 aliphatic heterocycles. The first-order valence-corrected chi connectivity index (χ1v) is 7.58. The summed E-state index contributed by atoms with van der Waals surface area (Å²) in [5.74, 6) is 0.833. The minimum absolute atomic E-state index is 0.0331. The number of piperidine rings is 1. The third-order valence-electron chi connectivity index (χ3n) is 5.00.